The van der Waals surface area contributed by atoms with E-state index in [9.17, 15) is 13.2 Å². The fraction of sp³-hybridized carbons (Fsp3) is 0.333. The lowest BCUT2D eigenvalue weighted by Gasteiger charge is -2.44. The number of benzene rings is 2. The third-order valence-corrected chi connectivity index (χ3v) is 8.29. The summed E-state index contributed by atoms with van der Waals surface area (Å²) in [4.78, 5) is 20.1. The monoisotopic (exact) mass is 519 g/mol. The van der Waals surface area contributed by atoms with E-state index >= 15 is 0 Å². The minimum atomic E-state index is -4.02. The maximum absolute atomic E-state index is 12.5. The number of carbonyl (C=O) groups is 1. The first-order chi connectivity index (χ1) is 16.2. The van der Waals surface area contributed by atoms with Gasteiger partial charge in [-0.15, -0.1) is 11.3 Å². The molecule has 180 valence electrons. The molecule has 0 spiro atoms. The molecule has 10 heteroatoms. The van der Waals surface area contributed by atoms with Crippen molar-refractivity contribution >= 4 is 39.0 Å². The minimum absolute atomic E-state index is 0.0473. The van der Waals surface area contributed by atoms with Crippen molar-refractivity contribution in [1.29, 1.82) is 0 Å². The van der Waals surface area contributed by atoms with Crippen LogP contribution in [0.4, 0.5) is 0 Å². The minimum Gasteiger partial charge on any atom is -0.346 e. The van der Waals surface area contributed by atoms with Crippen LogP contribution in [0.15, 0.2) is 59.6 Å². The molecular formula is C24H26ClN3O4S2. The zero-order valence-electron chi connectivity index (χ0n) is 18.6. The van der Waals surface area contributed by atoms with Gasteiger partial charge in [0.15, 0.2) is 5.01 Å². The van der Waals surface area contributed by atoms with Gasteiger partial charge >= 0.3 is 0 Å². The van der Waals surface area contributed by atoms with Crippen LogP contribution in [0.5, 0.6) is 0 Å². The van der Waals surface area contributed by atoms with Gasteiger partial charge in [0.05, 0.1) is 9.77 Å². The fourth-order valence-electron chi connectivity index (χ4n) is 4.20. The van der Waals surface area contributed by atoms with Gasteiger partial charge in [-0.1, -0.05) is 41.4 Å². The van der Waals surface area contributed by atoms with Crippen LogP contribution in [-0.4, -0.2) is 54.4 Å². The van der Waals surface area contributed by atoms with E-state index in [4.69, 9.17) is 16.2 Å². The Morgan fingerprint density at radius 2 is 1.76 bits per heavy atom. The summed E-state index contributed by atoms with van der Waals surface area (Å²) in [5, 5.41) is 4.43. The highest BCUT2D eigenvalue weighted by molar-refractivity contribution is 7.85. The molecule has 1 atom stereocenters. The average molecular weight is 520 g/mol. The standard InChI is InChI=1S/C17H18ClN3OS.C7H8O3S/c18-13-3-1-12(2-4-13)15-9-19-17(23-15)16(22)20-14-10-21-7-5-11(14)6-8-21;1-6-2-4-7(5-3-6)11(8,9)10/h1-4,9,11,14H,5-8,10H2,(H,20,22);2-5H,1H3,(H,8,9,10)/t14-;/m0./s1. The quantitative estimate of drug-likeness (QED) is 0.491. The summed E-state index contributed by atoms with van der Waals surface area (Å²) in [5.41, 5.74) is 1.99. The summed E-state index contributed by atoms with van der Waals surface area (Å²) in [6, 6.07) is 13.9. The maximum Gasteiger partial charge on any atom is 0.294 e. The van der Waals surface area contributed by atoms with Gasteiger partial charge in [0.25, 0.3) is 16.0 Å². The van der Waals surface area contributed by atoms with Crippen molar-refractivity contribution < 1.29 is 17.8 Å². The average Bonchev–Trinajstić information content (AvgIpc) is 3.31. The highest BCUT2D eigenvalue weighted by Gasteiger charge is 2.35. The number of thiazole rings is 1. The van der Waals surface area contributed by atoms with E-state index in [2.05, 4.69) is 15.2 Å². The third-order valence-electron chi connectivity index (χ3n) is 6.12. The van der Waals surface area contributed by atoms with Crippen LogP contribution in [-0.2, 0) is 10.1 Å². The number of rotatable bonds is 4. The van der Waals surface area contributed by atoms with Gasteiger partial charge in [0.1, 0.15) is 0 Å². The van der Waals surface area contributed by atoms with E-state index in [1.165, 1.54) is 49.4 Å². The van der Waals surface area contributed by atoms with Crippen molar-refractivity contribution in [3.05, 3.63) is 70.3 Å². The molecule has 3 aromatic rings. The van der Waals surface area contributed by atoms with E-state index in [-0.39, 0.29) is 16.8 Å². The number of hydrogen-bond donors (Lipinski definition) is 2. The SMILES string of the molecule is Cc1ccc(S(=O)(=O)O)cc1.O=C(N[C@H]1CN2CCC1CC2)c1ncc(-c2ccc(Cl)cc2)s1. The molecule has 3 fully saturated rings. The number of aromatic nitrogens is 1. The van der Waals surface area contributed by atoms with Crippen LogP contribution in [0, 0.1) is 12.8 Å². The van der Waals surface area contributed by atoms with E-state index < -0.39 is 10.1 Å². The van der Waals surface area contributed by atoms with Gasteiger partial charge in [-0.3, -0.25) is 9.35 Å². The molecule has 0 unspecified atom stereocenters. The molecule has 0 saturated carbocycles. The van der Waals surface area contributed by atoms with Gasteiger partial charge in [0.2, 0.25) is 0 Å². The Morgan fingerprint density at radius 3 is 2.32 bits per heavy atom. The van der Waals surface area contributed by atoms with Crippen LogP contribution in [0.3, 0.4) is 0 Å². The van der Waals surface area contributed by atoms with Gasteiger partial charge in [0, 0.05) is 23.8 Å². The van der Waals surface area contributed by atoms with Gasteiger partial charge < -0.3 is 10.2 Å². The highest BCUT2D eigenvalue weighted by Crippen LogP contribution is 2.29. The summed E-state index contributed by atoms with van der Waals surface area (Å²) < 4.78 is 29.6. The Morgan fingerprint density at radius 1 is 1.12 bits per heavy atom. The van der Waals surface area contributed by atoms with E-state index in [0.717, 1.165) is 22.5 Å². The number of halogens is 1. The molecule has 34 heavy (non-hydrogen) atoms. The number of hydrogen-bond acceptors (Lipinski definition) is 6. The van der Waals surface area contributed by atoms with Crippen molar-refractivity contribution in [2.45, 2.75) is 30.7 Å². The van der Waals surface area contributed by atoms with Crippen LogP contribution in [0.25, 0.3) is 10.4 Å². The fourth-order valence-corrected chi connectivity index (χ4v) is 5.63. The number of nitrogens with zero attached hydrogens (tertiary/aromatic N) is 2. The van der Waals surface area contributed by atoms with Gasteiger partial charge in [-0.25, -0.2) is 4.98 Å². The molecule has 0 aliphatic carbocycles. The highest BCUT2D eigenvalue weighted by atomic mass is 35.5. The van der Waals surface area contributed by atoms with Crippen LogP contribution >= 0.6 is 22.9 Å². The van der Waals surface area contributed by atoms with Gasteiger partial charge in [-0.05, 0) is 68.6 Å². The smallest absolute Gasteiger partial charge is 0.294 e. The van der Waals surface area contributed by atoms with Gasteiger partial charge in [-0.2, -0.15) is 8.42 Å². The van der Waals surface area contributed by atoms with Crippen LogP contribution < -0.4 is 5.32 Å². The molecular weight excluding hydrogens is 494 g/mol. The summed E-state index contributed by atoms with van der Waals surface area (Å²) in [6.07, 6.45) is 4.15. The zero-order chi connectivity index (χ0) is 24.3. The molecule has 1 amide bonds. The lowest BCUT2D eigenvalue weighted by Crippen LogP contribution is -2.57. The molecule has 6 rings (SSSR count). The lowest BCUT2D eigenvalue weighted by atomic mass is 9.84. The Bertz CT molecular complexity index is 1240. The van der Waals surface area contributed by atoms with E-state index in [1.807, 2.05) is 31.2 Å². The lowest BCUT2D eigenvalue weighted by molar-refractivity contribution is 0.0620. The number of piperidine rings is 3. The number of aryl methyl sites for hydroxylation is 1. The van der Waals surface area contributed by atoms with Crippen molar-refractivity contribution in [1.82, 2.24) is 15.2 Å². The third kappa shape index (κ3) is 6.22. The number of fused-ring (bicyclic) bond motifs is 3. The molecule has 2 aromatic carbocycles. The van der Waals surface area contributed by atoms with Crippen molar-refractivity contribution in [2.75, 3.05) is 19.6 Å². The largest absolute Gasteiger partial charge is 0.346 e. The Labute approximate surface area is 208 Å². The topological polar surface area (TPSA) is 99.6 Å². The second-order valence-electron chi connectivity index (χ2n) is 8.54. The second kappa shape index (κ2) is 10.5. The van der Waals surface area contributed by atoms with E-state index in [0.29, 0.717) is 15.9 Å². The Kier molecular flexibility index (Phi) is 7.69. The Balaban J connectivity index is 0.000000210. The van der Waals surface area contributed by atoms with Crippen LogP contribution in [0.2, 0.25) is 5.02 Å². The first kappa shape index (κ1) is 24.8. The molecule has 4 heterocycles. The second-order valence-corrected chi connectivity index (χ2v) is 11.4. The zero-order valence-corrected chi connectivity index (χ0v) is 21.0. The summed E-state index contributed by atoms with van der Waals surface area (Å²) in [6.45, 7) is 5.17. The summed E-state index contributed by atoms with van der Waals surface area (Å²) in [5.74, 6) is 0.577. The maximum atomic E-state index is 12.5. The van der Waals surface area contributed by atoms with E-state index in [1.54, 1.807) is 18.3 Å². The molecule has 2 N–H and O–H groups in total. The molecule has 1 aromatic heterocycles. The van der Waals surface area contributed by atoms with Crippen molar-refractivity contribution in [3.8, 4) is 10.4 Å². The number of nitrogens with one attached hydrogen (secondary N) is 1. The predicted molar refractivity (Wildman–Crippen MR) is 134 cm³/mol. The summed E-state index contributed by atoms with van der Waals surface area (Å²) >= 11 is 7.34. The molecule has 2 bridgehead atoms. The van der Waals surface area contributed by atoms with Crippen LogP contribution in [0.1, 0.15) is 28.2 Å². The molecule has 3 aliphatic heterocycles. The Hall–Kier alpha value is -2.30. The molecule has 0 radical (unpaired) electrons. The number of carbonyl (C=O) groups excluding carboxylic acids is 1. The first-order valence-corrected chi connectivity index (χ1v) is 13.6. The molecule has 3 aliphatic rings. The van der Waals surface area contributed by atoms with Crippen molar-refractivity contribution in [2.24, 2.45) is 5.92 Å². The summed E-state index contributed by atoms with van der Waals surface area (Å²) in [7, 11) is -4.02. The molecule has 7 nitrogen and oxygen atoms in total. The molecule has 3 saturated heterocycles. The number of amides is 1. The predicted octanol–water partition coefficient (Wildman–Crippen LogP) is 4.53. The normalized spacial score (nSPS) is 21.4. The first-order valence-electron chi connectivity index (χ1n) is 11.0. The van der Waals surface area contributed by atoms with Crippen molar-refractivity contribution in [3.63, 3.8) is 0 Å².